The topological polar surface area (TPSA) is 87.3 Å². The van der Waals surface area contributed by atoms with Crippen molar-refractivity contribution in [3.8, 4) is 17.0 Å². The van der Waals surface area contributed by atoms with E-state index in [0.29, 0.717) is 28.7 Å². The molecule has 1 saturated heterocycles. The number of nitrogens with zero attached hydrogens (tertiary/aromatic N) is 4. The maximum absolute atomic E-state index is 14.6. The van der Waals surface area contributed by atoms with Crippen LogP contribution in [-0.4, -0.2) is 44.7 Å². The van der Waals surface area contributed by atoms with Gasteiger partial charge in [0.15, 0.2) is 23.0 Å². The third kappa shape index (κ3) is 3.26. The highest BCUT2D eigenvalue weighted by Gasteiger charge is 2.40. The molecule has 6 rings (SSSR count). The Bertz CT molecular complexity index is 1360. The summed E-state index contributed by atoms with van der Waals surface area (Å²) in [5, 5.41) is 14.2. The number of aryl methyl sites for hydroxylation is 1. The van der Waals surface area contributed by atoms with E-state index < -0.39 is 11.6 Å². The van der Waals surface area contributed by atoms with E-state index in [-0.39, 0.29) is 16.7 Å². The number of oxazole rings is 1. The fraction of sp³-hybridized carbons (Fsp3) is 0.375. The lowest BCUT2D eigenvalue weighted by Gasteiger charge is -2.20. The minimum Gasteiger partial charge on any atom is -0.504 e. The zero-order chi connectivity index (χ0) is 22.0. The number of rotatable bonds is 4. The zero-order valence-corrected chi connectivity index (χ0v) is 18.0. The Morgan fingerprint density at radius 1 is 1.16 bits per heavy atom. The summed E-state index contributed by atoms with van der Waals surface area (Å²) in [5.74, 6) is -0.0156. The van der Waals surface area contributed by atoms with Crippen LogP contribution in [0.4, 0.5) is 10.2 Å². The molecule has 0 unspecified atom stereocenters. The van der Waals surface area contributed by atoms with E-state index in [1.165, 1.54) is 12.8 Å². The van der Waals surface area contributed by atoms with Crippen LogP contribution in [0.2, 0.25) is 0 Å². The summed E-state index contributed by atoms with van der Waals surface area (Å²) in [4.78, 5) is 15.7. The van der Waals surface area contributed by atoms with Gasteiger partial charge in [0, 0.05) is 37.2 Å². The van der Waals surface area contributed by atoms with Gasteiger partial charge >= 0.3 is 0 Å². The minimum absolute atomic E-state index is 0.0185. The fourth-order valence-electron chi connectivity index (χ4n) is 4.56. The number of pyridine rings is 2. The van der Waals surface area contributed by atoms with E-state index in [0.717, 1.165) is 30.8 Å². The molecule has 1 aromatic carbocycles. The number of aromatic hydroxyl groups is 1. The number of hydrogen-bond acceptors (Lipinski definition) is 7. The van der Waals surface area contributed by atoms with Gasteiger partial charge in [-0.1, -0.05) is 0 Å². The molecule has 0 amide bonds. The first-order chi connectivity index (χ1) is 15.4. The predicted octanol–water partition coefficient (Wildman–Crippen LogP) is 4.31. The molecule has 1 aliphatic carbocycles. The lowest BCUT2D eigenvalue weighted by Crippen LogP contribution is -2.40. The molecule has 164 valence electrons. The standard InChI is InChI=1S/C24H24FN5O2/c1-13-26-22-19(32-13)11-15(23(31)21(22)25)16-3-4-18-17(27-16)5-6-20(28-18)30-10-7-14(12-30)29-24(2)8-9-24/h3-6,11,14,29,31H,7-10,12H2,1-2H3/t14-/m1/s1. The molecule has 3 aromatic heterocycles. The van der Waals surface area contributed by atoms with Gasteiger partial charge in [-0.2, -0.15) is 0 Å². The van der Waals surface area contributed by atoms with Gasteiger partial charge in [0.2, 0.25) is 0 Å². The van der Waals surface area contributed by atoms with E-state index in [4.69, 9.17) is 9.40 Å². The first kappa shape index (κ1) is 19.4. The van der Waals surface area contributed by atoms with E-state index in [2.05, 4.69) is 27.1 Å². The summed E-state index contributed by atoms with van der Waals surface area (Å²) < 4.78 is 20.1. The third-order valence-electron chi connectivity index (χ3n) is 6.58. The highest BCUT2D eigenvalue weighted by molar-refractivity contribution is 5.87. The molecule has 7 nitrogen and oxygen atoms in total. The van der Waals surface area contributed by atoms with Crippen molar-refractivity contribution in [3.05, 3.63) is 42.0 Å². The average molecular weight is 433 g/mol. The molecule has 2 N–H and O–H groups in total. The summed E-state index contributed by atoms with van der Waals surface area (Å²) in [6.07, 6.45) is 3.63. The molecule has 2 aliphatic rings. The second-order valence-corrected chi connectivity index (χ2v) is 9.21. The largest absolute Gasteiger partial charge is 0.504 e. The Kier molecular flexibility index (Phi) is 4.17. The number of hydrogen-bond donors (Lipinski definition) is 2. The first-order valence-corrected chi connectivity index (χ1v) is 11.0. The summed E-state index contributed by atoms with van der Waals surface area (Å²) in [6.45, 7) is 5.85. The number of phenols is 1. The molecule has 8 heteroatoms. The molecular weight excluding hydrogens is 409 g/mol. The molecule has 0 radical (unpaired) electrons. The molecule has 0 bridgehead atoms. The average Bonchev–Trinajstić information content (AvgIpc) is 3.16. The molecule has 32 heavy (non-hydrogen) atoms. The number of aromatic nitrogens is 3. The van der Waals surface area contributed by atoms with Crippen molar-refractivity contribution in [2.45, 2.75) is 44.7 Å². The molecule has 1 saturated carbocycles. The van der Waals surface area contributed by atoms with Crippen molar-refractivity contribution in [3.63, 3.8) is 0 Å². The van der Waals surface area contributed by atoms with Gasteiger partial charge < -0.3 is 19.7 Å². The van der Waals surface area contributed by atoms with E-state index in [1.54, 1.807) is 19.1 Å². The van der Waals surface area contributed by atoms with Crippen molar-refractivity contribution in [1.82, 2.24) is 20.3 Å². The molecular formula is C24H24FN5O2. The number of anilines is 1. The normalized spacial score (nSPS) is 19.8. The van der Waals surface area contributed by atoms with Crippen LogP contribution in [0.1, 0.15) is 32.1 Å². The quantitative estimate of drug-likeness (QED) is 0.496. The number of phenolic OH excluding ortho intramolecular Hbond substituents is 1. The van der Waals surface area contributed by atoms with Crippen LogP contribution >= 0.6 is 0 Å². The lowest BCUT2D eigenvalue weighted by molar-refractivity contribution is 0.437. The molecule has 1 aliphatic heterocycles. The molecule has 1 atom stereocenters. The van der Waals surface area contributed by atoms with Crippen LogP contribution in [0.5, 0.6) is 5.75 Å². The Balaban J connectivity index is 1.30. The van der Waals surface area contributed by atoms with Crippen LogP contribution in [0.15, 0.2) is 34.7 Å². The fourth-order valence-corrected chi connectivity index (χ4v) is 4.56. The van der Waals surface area contributed by atoms with Gasteiger partial charge in [0.05, 0.1) is 16.7 Å². The smallest absolute Gasteiger partial charge is 0.195 e. The van der Waals surface area contributed by atoms with Gasteiger partial charge in [-0.3, -0.25) is 0 Å². The number of benzene rings is 1. The van der Waals surface area contributed by atoms with Gasteiger partial charge in [0.1, 0.15) is 11.3 Å². The highest BCUT2D eigenvalue weighted by atomic mass is 19.1. The summed E-state index contributed by atoms with van der Waals surface area (Å²) in [6, 6.07) is 9.56. The van der Waals surface area contributed by atoms with E-state index >= 15 is 0 Å². The number of nitrogens with one attached hydrogen (secondary N) is 1. The molecule has 2 fully saturated rings. The van der Waals surface area contributed by atoms with Crippen molar-refractivity contribution in [2.24, 2.45) is 0 Å². The Morgan fingerprint density at radius 3 is 2.75 bits per heavy atom. The third-order valence-corrected chi connectivity index (χ3v) is 6.58. The monoisotopic (exact) mass is 433 g/mol. The second-order valence-electron chi connectivity index (χ2n) is 9.21. The first-order valence-electron chi connectivity index (χ1n) is 11.0. The van der Waals surface area contributed by atoms with Crippen molar-refractivity contribution in [1.29, 1.82) is 0 Å². The van der Waals surface area contributed by atoms with Crippen molar-refractivity contribution >= 4 is 28.0 Å². The predicted molar refractivity (Wildman–Crippen MR) is 120 cm³/mol. The van der Waals surface area contributed by atoms with Crippen LogP contribution in [0, 0.1) is 12.7 Å². The zero-order valence-electron chi connectivity index (χ0n) is 18.0. The Hall–Kier alpha value is -3.26. The van der Waals surface area contributed by atoms with Crippen LogP contribution < -0.4 is 10.2 Å². The Morgan fingerprint density at radius 2 is 1.94 bits per heavy atom. The van der Waals surface area contributed by atoms with Crippen LogP contribution in [0.25, 0.3) is 33.4 Å². The maximum atomic E-state index is 14.6. The van der Waals surface area contributed by atoms with Crippen molar-refractivity contribution in [2.75, 3.05) is 18.0 Å². The lowest BCUT2D eigenvalue weighted by atomic mass is 10.1. The van der Waals surface area contributed by atoms with Gasteiger partial charge in [-0.05, 0) is 56.5 Å². The highest BCUT2D eigenvalue weighted by Crippen LogP contribution is 2.37. The van der Waals surface area contributed by atoms with Gasteiger partial charge in [0.25, 0.3) is 0 Å². The second kappa shape index (κ2) is 6.87. The van der Waals surface area contributed by atoms with E-state index in [9.17, 15) is 9.50 Å². The molecule has 4 aromatic rings. The van der Waals surface area contributed by atoms with Crippen molar-refractivity contribution < 1.29 is 13.9 Å². The SMILES string of the molecule is Cc1nc2c(F)c(O)c(-c3ccc4nc(N5CC[C@@H](NC6(C)CC6)C5)ccc4n3)cc2o1. The minimum atomic E-state index is -0.804. The maximum Gasteiger partial charge on any atom is 0.195 e. The Labute approximate surface area is 184 Å². The molecule has 0 spiro atoms. The van der Waals surface area contributed by atoms with Gasteiger partial charge in [-0.25, -0.2) is 19.3 Å². The van der Waals surface area contributed by atoms with Crippen LogP contribution in [0.3, 0.4) is 0 Å². The summed E-state index contributed by atoms with van der Waals surface area (Å²) in [5.41, 5.74) is 2.77. The van der Waals surface area contributed by atoms with Gasteiger partial charge in [-0.15, -0.1) is 0 Å². The number of fused-ring (bicyclic) bond motifs is 2. The number of halogens is 1. The molecule has 4 heterocycles. The summed E-state index contributed by atoms with van der Waals surface area (Å²) in [7, 11) is 0. The summed E-state index contributed by atoms with van der Waals surface area (Å²) >= 11 is 0. The van der Waals surface area contributed by atoms with E-state index in [1.807, 2.05) is 18.2 Å². The van der Waals surface area contributed by atoms with Crippen LogP contribution in [-0.2, 0) is 0 Å².